The summed E-state index contributed by atoms with van der Waals surface area (Å²) in [7, 11) is 0. The number of nitrogens with one attached hydrogen (secondary N) is 4. The minimum absolute atomic E-state index is 0.0142. The van der Waals surface area contributed by atoms with Crippen LogP contribution in [-0.2, 0) is 32.0 Å². The number of amides is 3. The molecule has 0 aliphatic carbocycles. The number of imidazole rings is 1. The number of aliphatic carboxylic acids is 1. The van der Waals surface area contributed by atoms with Crippen LogP contribution in [0.3, 0.4) is 0 Å². The number of nitrogens with zero attached hydrogens (tertiary/aromatic N) is 1. The fraction of sp³-hybridized carbons (Fsp3) is 0.435. The summed E-state index contributed by atoms with van der Waals surface area (Å²) < 4.78 is 0. The normalized spacial score (nSPS) is 13.5. The highest BCUT2D eigenvalue weighted by molar-refractivity contribution is 5.92. The van der Waals surface area contributed by atoms with Gasteiger partial charge in [0.05, 0.1) is 18.9 Å². The molecule has 3 atom stereocenters. The molecule has 0 fully saturated rings. The van der Waals surface area contributed by atoms with Gasteiger partial charge in [0.25, 0.3) is 0 Å². The Hall–Kier alpha value is -3.73. The first-order chi connectivity index (χ1) is 16.2. The molecule has 2 aromatic rings. The van der Waals surface area contributed by atoms with Crippen LogP contribution in [0.15, 0.2) is 42.9 Å². The third-order valence-corrected chi connectivity index (χ3v) is 5.01. The monoisotopic (exact) mass is 472 g/mol. The third-order valence-electron chi connectivity index (χ3n) is 5.01. The Balaban J connectivity index is 1.90. The molecular weight excluding hydrogens is 440 g/mol. The van der Waals surface area contributed by atoms with E-state index in [4.69, 9.17) is 5.73 Å². The average molecular weight is 473 g/mol. The number of carboxylic acid groups (broad SMARTS) is 1. The molecule has 1 heterocycles. The summed E-state index contributed by atoms with van der Waals surface area (Å²) in [6, 6.07) is 6.38. The first-order valence-corrected chi connectivity index (χ1v) is 11.0. The molecule has 0 spiro atoms. The van der Waals surface area contributed by atoms with Gasteiger partial charge in [-0.3, -0.25) is 14.4 Å². The van der Waals surface area contributed by atoms with Gasteiger partial charge in [0.1, 0.15) is 12.1 Å². The molecule has 1 aromatic carbocycles. The van der Waals surface area contributed by atoms with E-state index in [0.29, 0.717) is 18.5 Å². The fourth-order valence-electron chi connectivity index (χ4n) is 3.29. The van der Waals surface area contributed by atoms with Crippen LogP contribution < -0.4 is 21.7 Å². The van der Waals surface area contributed by atoms with Crippen molar-refractivity contribution >= 4 is 23.7 Å². The van der Waals surface area contributed by atoms with Crippen molar-refractivity contribution in [2.24, 2.45) is 11.7 Å². The highest BCUT2D eigenvalue weighted by Crippen LogP contribution is 2.07. The standard InChI is InChI=1S/C23H32N6O5/c1-14(2)8-18(29-21(31)17(24)9-15-6-4-3-5-7-15)22(32)26-12-20(30)28-19(23(33)34)10-16-11-25-13-27-16/h3-7,11,13-14,17-19H,8-10,12,24H2,1-2H3,(H,25,27)(H,26,32)(H,28,30)(H,29,31)(H,33,34). The first-order valence-electron chi connectivity index (χ1n) is 11.0. The molecule has 0 saturated heterocycles. The zero-order chi connectivity index (χ0) is 25.1. The number of hydrogen-bond donors (Lipinski definition) is 6. The Kier molecular flexibility index (Phi) is 10.2. The number of rotatable bonds is 13. The van der Waals surface area contributed by atoms with Crippen LogP contribution in [0.25, 0.3) is 0 Å². The molecule has 0 saturated carbocycles. The largest absolute Gasteiger partial charge is 0.480 e. The SMILES string of the molecule is CC(C)CC(NC(=O)C(N)Cc1ccccc1)C(=O)NCC(=O)NC(Cc1cnc[nH]1)C(=O)O. The second kappa shape index (κ2) is 13.1. The summed E-state index contributed by atoms with van der Waals surface area (Å²) >= 11 is 0. The van der Waals surface area contributed by atoms with Crippen molar-refractivity contribution in [2.75, 3.05) is 6.54 Å². The van der Waals surface area contributed by atoms with E-state index < -0.39 is 48.4 Å². The molecule has 11 nitrogen and oxygen atoms in total. The number of aromatic nitrogens is 2. The lowest BCUT2D eigenvalue weighted by Gasteiger charge is -2.22. The molecule has 184 valence electrons. The van der Waals surface area contributed by atoms with E-state index in [1.54, 1.807) is 0 Å². The molecule has 1 aromatic heterocycles. The number of aromatic amines is 1. The Morgan fingerprint density at radius 3 is 2.32 bits per heavy atom. The van der Waals surface area contributed by atoms with Gasteiger partial charge in [0.15, 0.2) is 0 Å². The van der Waals surface area contributed by atoms with Gasteiger partial charge in [-0.25, -0.2) is 9.78 Å². The lowest BCUT2D eigenvalue weighted by atomic mass is 10.0. The third kappa shape index (κ3) is 9.02. The van der Waals surface area contributed by atoms with Crippen molar-refractivity contribution in [1.29, 1.82) is 0 Å². The minimum atomic E-state index is -1.22. The number of carbonyl (C=O) groups excluding carboxylic acids is 3. The zero-order valence-electron chi connectivity index (χ0n) is 19.3. The molecule has 0 aliphatic heterocycles. The van der Waals surface area contributed by atoms with E-state index >= 15 is 0 Å². The van der Waals surface area contributed by atoms with E-state index in [2.05, 4.69) is 25.9 Å². The van der Waals surface area contributed by atoms with Crippen LogP contribution in [0.5, 0.6) is 0 Å². The fourth-order valence-corrected chi connectivity index (χ4v) is 3.29. The van der Waals surface area contributed by atoms with Gasteiger partial charge in [0.2, 0.25) is 17.7 Å². The first kappa shape index (κ1) is 26.5. The van der Waals surface area contributed by atoms with Crippen LogP contribution in [-0.4, -0.2) is 63.4 Å². The van der Waals surface area contributed by atoms with Crippen LogP contribution >= 0.6 is 0 Å². The second-order valence-corrected chi connectivity index (χ2v) is 8.44. The lowest BCUT2D eigenvalue weighted by molar-refractivity contribution is -0.141. The molecule has 0 radical (unpaired) electrons. The summed E-state index contributed by atoms with van der Waals surface area (Å²) in [4.78, 5) is 55.6. The average Bonchev–Trinajstić information content (AvgIpc) is 3.30. The Morgan fingerprint density at radius 1 is 1.03 bits per heavy atom. The van der Waals surface area contributed by atoms with E-state index in [-0.39, 0.29) is 12.3 Å². The molecular formula is C23H32N6O5. The number of H-pyrrole nitrogens is 1. The van der Waals surface area contributed by atoms with Crippen LogP contribution in [0.1, 0.15) is 31.5 Å². The highest BCUT2D eigenvalue weighted by atomic mass is 16.4. The molecule has 7 N–H and O–H groups in total. The van der Waals surface area contributed by atoms with Gasteiger partial charge < -0.3 is 31.8 Å². The molecule has 0 bridgehead atoms. The van der Waals surface area contributed by atoms with E-state index in [1.165, 1.54) is 12.5 Å². The molecule has 0 aliphatic rings. The Bertz CT molecular complexity index is 948. The lowest BCUT2D eigenvalue weighted by Crippen LogP contribution is -2.54. The van der Waals surface area contributed by atoms with Crippen molar-refractivity contribution < 1.29 is 24.3 Å². The zero-order valence-corrected chi connectivity index (χ0v) is 19.3. The highest BCUT2D eigenvalue weighted by Gasteiger charge is 2.26. The second-order valence-electron chi connectivity index (χ2n) is 8.44. The summed E-state index contributed by atoms with van der Waals surface area (Å²) in [5, 5.41) is 16.8. The van der Waals surface area contributed by atoms with Gasteiger partial charge in [-0.1, -0.05) is 44.2 Å². The maximum absolute atomic E-state index is 12.7. The number of benzene rings is 1. The molecule has 3 amide bonds. The van der Waals surface area contributed by atoms with Gasteiger partial charge in [0, 0.05) is 18.3 Å². The number of nitrogens with two attached hydrogens (primary N) is 1. The van der Waals surface area contributed by atoms with Crippen molar-refractivity contribution in [3.8, 4) is 0 Å². The van der Waals surface area contributed by atoms with Crippen LogP contribution in [0.2, 0.25) is 0 Å². The van der Waals surface area contributed by atoms with Crippen molar-refractivity contribution in [1.82, 2.24) is 25.9 Å². The quantitative estimate of drug-likeness (QED) is 0.232. The minimum Gasteiger partial charge on any atom is -0.480 e. The van der Waals surface area contributed by atoms with Gasteiger partial charge in [-0.2, -0.15) is 0 Å². The van der Waals surface area contributed by atoms with Crippen molar-refractivity contribution in [3.05, 3.63) is 54.1 Å². The van der Waals surface area contributed by atoms with Gasteiger partial charge in [-0.05, 0) is 24.3 Å². The maximum atomic E-state index is 12.7. The predicted molar refractivity (Wildman–Crippen MR) is 124 cm³/mol. The van der Waals surface area contributed by atoms with E-state index in [0.717, 1.165) is 5.56 Å². The Morgan fingerprint density at radius 2 is 1.74 bits per heavy atom. The van der Waals surface area contributed by atoms with Crippen molar-refractivity contribution in [3.63, 3.8) is 0 Å². The molecule has 3 unspecified atom stereocenters. The summed E-state index contributed by atoms with van der Waals surface area (Å²) in [5.41, 5.74) is 7.46. The summed E-state index contributed by atoms with van der Waals surface area (Å²) in [6.07, 6.45) is 3.55. The molecule has 11 heteroatoms. The van der Waals surface area contributed by atoms with E-state index in [1.807, 2.05) is 44.2 Å². The predicted octanol–water partition coefficient (Wildman–Crippen LogP) is -0.261. The van der Waals surface area contributed by atoms with Crippen LogP contribution in [0, 0.1) is 5.92 Å². The smallest absolute Gasteiger partial charge is 0.326 e. The van der Waals surface area contributed by atoms with E-state index in [9.17, 15) is 24.3 Å². The maximum Gasteiger partial charge on any atom is 0.326 e. The van der Waals surface area contributed by atoms with Gasteiger partial charge in [-0.15, -0.1) is 0 Å². The van der Waals surface area contributed by atoms with Crippen LogP contribution in [0.4, 0.5) is 0 Å². The molecule has 34 heavy (non-hydrogen) atoms. The number of hydrogen-bond acceptors (Lipinski definition) is 6. The number of carboxylic acids is 1. The number of carbonyl (C=O) groups is 4. The summed E-state index contributed by atoms with van der Waals surface area (Å²) in [5.74, 6) is -2.83. The van der Waals surface area contributed by atoms with Crippen molar-refractivity contribution in [2.45, 2.75) is 51.2 Å². The van der Waals surface area contributed by atoms with Gasteiger partial charge >= 0.3 is 5.97 Å². The summed E-state index contributed by atoms with van der Waals surface area (Å²) in [6.45, 7) is 3.36. The topological polar surface area (TPSA) is 179 Å². The Labute approximate surface area is 197 Å². The molecule has 2 rings (SSSR count).